The third-order valence-corrected chi connectivity index (χ3v) is 4.86. The van der Waals surface area contributed by atoms with E-state index in [9.17, 15) is 10.2 Å². The molecular weight excluding hydrogens is 298 g/mol. The average Bonchev–Trinajstić information content (AvgIpc) is 2.48. The molecule has 0 aromatic carbocycles. The minimum Gasteiger partial charge on any atom is -0.389 e. The van der Waals surface area contributed by atoms with Gasteiger partial charge < -0.3 is 16.4 Å². The van der Waals surface area contributed by atoms with Crippen molar-refractivity contribution in [3.05, 3.63) is 0 Å². The second kappa shape index (κ2) is 16.0. The first-order valence-corrected chi connectivity index (χ1v) is 9.51. The number of alkyl halides is 1. The van der Waals surface area contributed by atoms with E-state index in [1.807, 2.05) is 0 Å². The van der Waals surface area contributed by atoms with E-state index < -0.39 is 11.2 Å². The third kappa shape index (κ3) is 13.8. The molecule has 0 aliphatic heterocycles. The van der Waals surface area contributed by atoms with Crippen molar-refractivity contribution < 1.29 is 10.2 Å². The van der Waals surface area contributed by atoms with Gasteiger partial charge in [-0.25, -0.2) is 0 Å². The zero-order valence-electron chi connectivity index (χ0n) is 15.0. The molecule has 2 unspecified atom stereocenters. The molecule has 0 rings (SSSR count). The Morgan fingerprint density at radius 1 is 0.773 bits per heavy atom. The van der Waals surface area contributed by atoms with E-state index in [0.717, 1.165) is 12.8 Å². The molecule has 22 heavy (non-hydrogen) atoms. The van der Waals surface area contributed by atoms with E-state index in [-0.39, 0.29) is 6.15 Å². The number of hydrogen-bond donors (Lipinski definition) is 3. The Labute approximate surface area is 143 Å². The van der Waals surface area contributed by atoms with Crippen molar-refractivity contribution in [1.82, 2.24) is 6.15 Å². The zero-order valence-corrected chi connectivity index (χ0v) is 15.7. The maximum absolute atomic E-state index is 9.76. The van der Waals surface area contributed by atoms with Crippen LogP contribution in [0.4, 0.5) is 0 Å². The predicted molar refractivity (Wildman–Crippen MR) is 97.8 cm³/mol. The summed E-state index contributed by atoms with van der Waals surface area (Å²) in [6.07, 6.45) is 15.8. The zero-order chi connectivity index (χ0) is 16.0. The molecule has 0 aliphatic rings. The molecule has 136 valence electrons. The maximum Gasteiger partial charge on any atom is 0.164 e. The molecule has 0 aromatic heterocycles. The van der Waals surface area contributed by atoms with E-state index in [2.05, 4.69) is 6.92 Å². The number of halogens is 1. The largest absolute Gasteiger partial charge is 0.389 e. The summed E-state index contributed by atoms with van der Waals surface area (Å²) in [5.74, 6) is 0. The summed E-state index contributed by atoms with van der Waals surface area (Å²) in [6.45, 7) is 4.05. The lowest BCUT2D eigenvalue weighted by molar-refractivity contribution is -0.0205. The van der Waals surface area contributed by atoms with Crippen LogP contribution in [0.3, 0.4) is 0 Å². The van der Waals surface area contributed by atoms with Crippen LogP contribution >= 0.6 is 11.6 Å². The first kappa shape index (κ1) is 24.4. The first-order valence-electron chi connectivity index (χ1n) is 9.14. The molecule has 0 bridgehead atoms. The molecule has 0 radical (unpaired) electrons. The van der Waals surface area contributed by atoms with Crippen molar-refractivity contribution in [2.45, 2.75) is 115 Å². The molecular formula is C18H40ClNO2. The standard InChI is InChI=1S/C18H37ClO2.H3N/c1-3-5-6-7-8-9-10-11-12-13-14-15-16-17(20)18(19,21)4-2;/h17,20-21H,3-16H2,1-2H3;1H3. The van der Waals surface area contributed by atoms with Crippen molar-refractivity contribution in [2.75, 3.05) is 0 Å². The van der Waals surface area contributed by atoms with E-state index in [1.54, 1.807) is 6.92 Å². The minimum atomic E-state index is -1.43. The maximum atomic E-state index is 9.76. The number of rotatable bonds is 15. The molecule has 0 aromatic rings. The van der Waals surface area contributed by atoms with E-state index in [1.165, 1.54) is 64.2 Å². The monoisotopic (exact) mass is 337 g/mol. The van der Waals surface area contributed by atoms with Crippen LogP contribution in [-0.4, -0.2) is 21.4 Å². The highest BCUT2D eigenvalue weighted by molar-refractivity contribution is 6.23. The lowest BCUT2D eigenvalue weighted by atomic mass is 10.0. The minimum absolute atomic E-state index is 0. The lowest BCUT2D eigenvalue weighted by Crippen LogP contribution is -2.35. The van der Waals surface area contributed by atoms with Gasteiger partial charge in [0.25, 0.3) is 0 Å². The number of hydrogen-bond acceptors (Lipinski definition) is 3. The summed E-state index contributed by atoms with van der Waals surface area (Å²) in [5, 5.41) is 18.0. The topological polar surface area (TPSA) is 75.5 Å². The van der Waals surface area contributed by atoms with Crippen LogP contribution in [0.2, 0.25) is 0 Å². The van der Waals surface area contributed by atoms with Crippen molar-refractivity contribution in [3.63, 3.8) is 0 Å². The Balaban J connectivity index is 0. The van der Waals surface area contributed by atoms with Crippen LogP contribution in [0.25, 0.3) is 0 Å². The molecule has 0 heterocycles. The van der Waals surface area contributed by atoms with Crippen molar-refractivity contribution in [3.8, 4) is 0 Å². The van der Waals surface area contributed by atoms with Crippen molar-refractivity contribution in [1.29, 1.82) is 0 Å². The van der Waals surface area contributed by atoms with Crippen LogP contribution in [0, 0.1) is 0 Å². The van der Waals surface area contributed by atoms with Crippen molar-refractivity contribution in [2.24, 2.45) is 0 Å². The molecule has 0 amide bonds. The molecule has 2 atom stereocenters. The van der Waals surface area contributed by atoms with Gasteiger partial charge in [-0.15, -0.1) is 0 Å². The lowest BCUT2D eigenvalue weighted by Gasteiger charge is -2.25. The summed E-state index contributed by atoms with van der Waals surface area (Å²) in [4.78, 5) is 0. The molecule has 4 heteroatoms. The van der Waals surface area contributed by atoms with Gasteiger partial charge in [-0.05, 0) is 12.8 Å². The highest BCUT2D eigenvalue weighted by Gasteiger charge is 2.30. The Morgan fingerprint density at radius 3 is 1.50 bits per heavy atom. The Morgan fingerprint density at radius 2 is 1.14 bits per heavy atom. The Bertz CT molecular complexity index is 225. The third-order valence-electron chi connectivity index (χ3n) is 4.34. The van der Waals surface area contributed by atoms with Gasteiger partial charge in [0.2, 0.25) is 0 Å². The summed E-state index contributed by atoms with van der Waals surface area (Å²) in [6, 6.07) is 0. The van der Waals surface area contributed by atoms with Gasteiger partial charge in [0.05, 0.1) is 6.10 Å². The van der Waals surface area contributed by atoms with Crippen LogP contribution in [0.5, 0.6) is 0 Å². The number of aliphatic hydroxyl groups excluding tert-OH is 1. The van der Waals surface area contributed by atoms with Gasteiger partial charge in [0.15, 0.2) is 5.06 Å². The average molecular weight is 338 g/mol. The fourth-order valence-corrected chi connectivity index (χ4v) is 2.74. The van der Waals surface area contributed by atoms with E-state index in [0.29, 0.717) is 12.8 Å². The van der Waals surface area contributed by atoms with Crippen molar-refractivity contribution >= 4 is 11.6 Å². The van der Waals surface area contributed by atoms with Crippen LogP contribution in [0.15, 0.2) is 0 Å². The summed E-state index contributed by atoms with van der Waals surface area (Å²) in [7, 11) is 0. The summed E-state index contributed by atoms with van der Waals surface area (Å²) >= 11 is 5.82. The van der Waals surface area contributed by atoms with Gasteiger partial charge in [-0.2, -0.15) is 0 Å². The van der Waals surface area contributed by atoms with Crippen LogP contribution < -0.4 is 6.15 Å². The molecule has 0 aliphatic carbocycles. The highest BCUT2D eigenvalue weighted by Crippen LogP contribution is 2.24. The quantitative estimate of drug-likeness (QED) is 0.256. The SMILES string of the molecule is CCCCCCCCCCCCCCC(O)C(O)(Cl)CC.N. The molecule has 3 nitrogen and oxygen atoms in total. The van der Waals surface area contributed by atoms with Gasteiger partial charge in [-0.3, -0.25) is 0 Å². The molecule has 0 saturated carbocycles. The Hall–Kier alpha value is 0.170. The molecule has 0 spiro atoms. The summed E-state index contributed by atoms with van der Waals surface area (Å²) in [5.41, 5.74) is 0. The highest BCUT2D eigenvalue weighted by atomic mass is 35.5. The normalized spacial score (nSPS) is 15.1. The van der Waals surface area contributed by atoms with Crippen LogP contribution in [0.1, 0.15) is 104 Å². The molecule has 0 saturated heterocycles. The van der Waals surface area contributed by atoms with E-state index >= 15 is 0 Å². The van der Waals surface area contributed by atoms with Gasteiger partial charge in [0, 0.05) is 0 Å². The van der Waals surface area contributed by atoms with Crippen LogP contribution in [-0.2, 0) is 0 Å². The van der Waals surface area contributed by atoms with E-state index in [4.69, 9.17) is 11.6 Å². The number of unbranched alkanes of at least 4 members (excludes halogenated alkanes) is 11. The van der Waals surface area contributed by atoms with Gasteiger partial charge in [0.1, 0.15) is 0 Å². The predicted octanol–water partition coefficient (Wildman–Crippen LogP) is 5.94. The van der Waals surface area contributed by atoms with Gasteiger partial charge >= 0.3 is 0 Å². The smallest absolute Gasteiger partial charge is 0.164 e. The number of aliphatic hydroxyl groups is 2. The fraction of sp³-hybridized carbons (Fsp3) is 1.00. The Kier molecular flexibility index (Phi) is 17.8. The second-order valence-electron chi connectivity index (χ2n) is 6.37. The fourth-order valence-electron chi connectivity index (χ4n) is 2.64. The summed E-state index contributed by atoms with van der Waals surface area (Å²) < 4.78 is 0. The van der Waals surface area contributed by atoms with Gasteiger partial charge in [-0.1, -0.05) is 102 Å². The molecule has 0 fully saturated rings. The first-order chi connectivity index (χ1) is 10.0. The molecule has 5 N–H and O–H groups in total. The second-order valence-corrected chi connectivity index (χ2v) is 7.02.